The van der Waals surface area contributed by atoms with E-state index in [0.29, 0.717) is 0 Å². The molecule has 0 aromatic rings. The molecular weight excluding hydrogens is 432 g/mol. The van der Waals surface area contributed by atoms with E-state index in [0.717, 1.165) is 0 Å². The smallest absolute Gasteiger partial charge is 0.326 e. The lowest BCUT2D eigenvalue weighted by Gasteiger charge is -2.26. The van der Waals surface area contributed by atoms with E-state index in [1.807, 2.05) is 0 Å². The van der Waals surface area contributed by atoms with Gasteiger partial charge < -0.3 is 38.3 Å². The molecule has 0 rings (SSSR count). The Labute approximate surface area is 184 Å². The number of hydrogen-bond acceptors (Lipinski definition) is 8. The first-order valence-corrected chi connectivity index (χ1v) is 10.00. The van der Waals surface area contributed by atoms with Gasteiger partial charge in [-0.05, 0) is 12.3 Å². The highest BCUT2D eigenvalue weighted by atomic mass is 32.1. The van der Waals surface area contributed by atoms with Crippen molar-refractivity contribution in [2.75, 3.05) is 5.75 Å². The summed E-state index contributed by atoms with van der Waals surface area (Å²) in [7, 11) is 0. The molecule has 0 aliphatic carbocycles. The normalized spacial score (nSPS) is 14.6. The molecule has 0 aliphatic rings. The first kappa shape index (κ1) is 28.1. The number of carbonyl (C=O) groups excluding carboxylic acids is 5. The molecule has 4 unspecified atom stereocenters. The van der Waals surface area contributed by atoms with Crippen LogP contribution >= 0.6 is 12.6 Å². The van der Waals surface area contributed by atoms with Crippen molar-refractivity contribution in [2.45, 2.75) is 57.3 Å². The molecule has 14 heteroatoms. The summed E-state index contributed by atoms with van der Waals surface area (Å²) in [5.74, 6) is -5.87. The van der Waals surface area contributed by atoms with E-state index in [2.05, 4.69) is 28.6 Å². The van der Waals surface area contributed by atoms with Crippen LogP contribution in [0.25, 0.3) is 0 Å². The molecule has 0 spiro atoms. The van der Waals surface area contributed by atoms with Gasteiger partial charge in [-0.1, -0.05) is 13.8 Å². The van der Waals surface area contributed by atoms with Crippen LogP contribution in [-0.4, -0.2) is 70.5 Å². The molecule has 10 N–H and O–H groups in total. The van der Waals surface area contributed by atoms with Crippen molar-refractivity contribution in [1.82, 2.24) is 16.0 Å². The molecule has 5 amide bonds. The van der Waals surface area contributed by atoms with Gasteiger partial charge in [-0.15, -0.1) is 0 Å². The van der Waals surface area contributed by atoms with Crippen molar-refractivity contribution in [3.63, 3.8) is 0 Å². The maximum atomic E-state index is 12.6. The summed E-state index contributed by atoms with van der Waals surface area (Å²) in [6.45, 7) is 3.22. The third-order valence-corrected chi connectivity index (χ3v) is 4.48. The number of thiol groups is 1. The van der Waals surface area contributed by atoms with E-state index in [4.69, 9.17) is 17.2 Å². The Balaban J connectivity index is 5.19. The summed E-state index contributed by atoms with van der Waals surface area (Å²) >= 11 is 3.99. The second kappa shape index (κ2) is 13.4. The number of nitrogens with one attached hydrogen (secondary N) is 3. The van der Waals surface area contributed by atoms with Crippen LogP contribution in [-0.2, 0) is 28.8 Å². The van der Waals surface area contributed by atoms with Crippen molar-refractivity contribution in [3.8, 4) is 0 Å². The summed E-state index contributed by atoms with van der Waals surface area (Å²) in [6.07, 6.45) is -0.900. The second-order valence-corrected chi connectivity index (χ2v) is 7.52. The minimum Gasteiger partial charge on any atom is -0.480 e. The zero-order valence-corrected chi connectivity index (χ0v) is 18.2. The standard InChI is InChI=1S/C17H30N6O7S/c1-7(2)13(16(28)21-9(17(29)30)3-4-11(19)24)23-15(27)10(6-31)22-14(26)8(18)5-12(20)25/h7-10,13,31H,3-6,18H2,1-2H3,(H2,19,24)(H2,20,25)(H,21,28)(H,22,26)(H,23,27)(H,29,30). The van der Waals surface area contributed by atoms with Crippen LogP contribution < -0.4 is 33.2 Å². The molecule has 0 saturated carbocycles. The van der Waals surface area contributed by atoms with Crippen LogP contribution in [0.1, 0.15) is 33.1 Å². The van der Waals surface area contributed by atoms with Gasteiger partial charge in [-0.25, -0.2) is 4.79 Å². The number of amides is 5. The van der Waals surface area contributed by atoms with Crippen LogP contribution in [0.2, 0.25) is 0 Å². The Hall–Kier alpha value is -2.87. The number of aliphatic carboxylic acids is 1. The Morgan fingerprint density at radius 3 is 1.84 bits per heavy atom. The van der Waals surface area contributed by atoms with E-state index in [1.54, 1.807) is 13.8 Å². The van der Waals surface area contributed by atoms with Crippen molar-refractivity contribution < 1.29 is 33.9 Å². The highest BCUT2D eigenvalue weighted by molar-refractivity contribution is 7.80. The SMILES string of the molecule is CC(C)C(NC(=O)C(CS)NC(=O)C(N)CC(N)=O)C(=O)NC(CCC(N)=O)C(=O)O. The summed E-state index contributed by atoms with van der Waals surface area (Å²) in [4.78, 5) is 70.2. The number of rotatable bonds is 14. The zero-order chi connectivity index (χ0) is 24.3. The number of carboxylic acid groups (broad SMARTS) is 1. The number of carbonyl (C=O) groups is 6. The fourth-order valence-corrected chi connectivity index (χ4v) is 2.63. The zero-order valence-electron chi connectivity index (χ0n) is 17.3. The molecule has 31 heavy (non-hydrogen) atoms. The Bertz CT molecular complexity index is 702. The number of carboxylic acids is 1. The average Bonchev–Trinajstić information content (AvgIpc) is 2.65. The van der Waals surface area contributed by atoms with Gasteiger partial charge in [0.25, 0.3) is 0 Å². The largest absolute Gasteiger partial charge is 0.480 e. The molecule has 0 aromatic carbocycles. The van der Waals surface area contributed by atoms with Crippen molar-refractivity contribution in [2.24, 2.45) is 23.1 Å². The van der Waals surface area contributed by atoms with Gasteiger partial charge in [0.05, 0.1) is 12.5 Å². The first-order chi connectivity index (χ1) is 14.3. The monoisotopic (exact) mass is 462 g/mol. The molecule has 0 saturated heterocycles. The van der Waals surface area contributed by atoms with E-state index < -0.39 is 72.0 Å². The summed E-state index contributed by atoms with van der Waals surface area (Å²) in [5, 5.41) is 16.2. The molecule has 4 atom stereocenters. The molecule has 176 valence electrons. The summed E-state index contributed by atoms with van der Waals surface area (Å²) in [6, 6.07) is -4.99. The van der Waals surface area contributed by atoms with Crippen LogP contribution in [0.3, 0.4) is 0 Å². The Kier molecular flexibility index (Phi) is 12.2. The lowest BCUT2D eigenvalue weighted by atomic mass is 10.0. The lowest BCUT2D eigenvalue weighted by Crippen LogP contribution is -2.59. The van der Waals surface area contributed by atoms with Crippen molar-refractivity contribution >= 4 is 48.1 Å². The second-order valence-electron chi connectivity index (χ2n) is 7.16. The molecule has 0 heterocycles. The van der Waals surface area contributed by atoms with Crippen LogP contribution in [0.4, 0.5) is 0 Å². The molecular formula is C17H30N6O7S. The van der Waals surface area contributed by atoms with Gasteiger partial charge in [0.1, 0.15) is 18.1 Å². The third kappa shape index (κ3) is 10.6. The van der Waals surface area contributed by atoms with Crippen molar-refractivity contribution in [1.29, 1.82) is 0 Å². The maximum absolute atomic E-state index is 12.6. The molecule has 0 bridgehead atoms. The van der Waals surface area contributed by atoms with Gasteiger partial charge in [-0.3, -0.25) is 24.0 Å². The lowest BCUT2D eigenvalue weighted by molar-refractivity contribution is -0.143. The summed E-state index contributed by atoms with van der Waals surface area (Å²) < 4.78 is 0. The quantitative estimate of drug-likeness (QED) is 0.121. The number of hydrogen-bond donors (Lipinski definition) is 8. The fourth-order valence-electron chi connectivity index (χ4n) is 2.38. The van der Waals surface area contributed by atoms with Crippen LogP contribution in [0, 0.1) is 5.92 Å². The summed E-state index contributed by atoms with van der Waals surface area (Å²) in [5.41, 5.74) is 15.5. The topological polar surface area (TPSA) is 237 Å². The average molecular weight is 463 g/mol. The highest BCUT2D eigenvalue weighted by Crippen LogP contribution is 2.06. The van der Waals surface area contributed by atoms with Gasteiger partial charge in [0, 0.05) is 12.2 Å². The fraction of sp³-hybridized carbons (Fsp3) is 0.647. The minimum atomic E-state index is -1.38. The molecule has 0 radical (unpaired) electrons. The minimum absolute atomic E-state index is 0.149. The van der Waals surface area contributed by atoms with Gasteiger partial charge in [0.15, 0.2) is 0 Å². The van der Waals surface area contributed by atoms with Crippen LogP contribution in [0.15, 0.2) is 0 Å². The molecule has 13 nitrogen and oxygen atoms in total. The number of primary amides is 2. The molecule has 0 aromatic heterocycles. The predicted molar refractivity (Wildman–Crippen MR) is 112 cm³/mol. The Morgan fingerprint density at radius 1 is 0.871 bits per heavy atom. The molecule has 0 aliphatic heterocycles. The molecule has 0 fully saturated rings. The van der Waals surface area contributed by atoms with Gasteiger partial charge >= 0.3 is 5.97 Å². The van der Waals surface area contributed by atoms with Crippen LogP contribution in [0.5, 0.6) is 0 Å². The van der Waals surface area contributed by atoms with Crippen molar-refractivity contribution in [3.05, 3.63) is 0 Å². The van der Waals surface area contributed by atoms with E-state index in [-0.39, 0.29) is 18.6 Å². The third-order valence-electron chi connectivity index (χ3n) is 4.11. The Morgan fingerprint density at radius 2 is 1.42 bits per heavy atom. The number of nitrogens with two attached hydrogens (primary N) is 3. The van der Waals surface area contributed by atoms with Gasteiger partial charge in [-0.2, -0.15) is 12.6 Å². The van der Waals surface area contributed by atoms with Gasteiger partial charge in [0.2, 0.25) is 29.5 Å². The highest BCUT2D eigenvalue weighted by Gasteiger charge is 2.31. The van der Waals surface area contributed by atoms with E-state index in [9.17, 15) is 33.9 Å². The van der Waals surface area contributed by atoms with E-state index >= 15 is 0 Å². The predicted octanol–water partition coefficient (Wildman–Crippen LogP) is -3.42. The maximum Gasteiger partial charge on any atom is 0.326 e. The van der Waals surface area contributed by atoms with E-state index in [1.165, 1.54) is 0 Å². The first-order valence-electron chi connectivity index (χ1n) is 9.37.